The highest BCUT2D eigenvalue weighted by Gasteiger charge is 2.58. The predicted octanol–water partition coefficient (Wildman–Crippen LogP) is 7.62. The van der Waals surface area contributed by atoms with E-state index in [0.29, 0.717) is 32.1 Å². The molecule has 2 heterocycles. The Bertz CT molecular complexity index is 1470. The van der Waals surface area contributed by atoms with Crippen LogP contribution in [0.1, 0.15) is 153 Å². The SMILES string of the molecule is CCC(=O)C12CC(=O)C(C(C)C)CC(=O)C(C)CCCC(C)CC(=O)C1CC(C)=C1CC(OC(C)=O)C(C)(O)C3CCC(C)(O)C(CCC(C)=CC12)O3. The number of allylic oxidation sites excluding steroid dienone is 3. The van der Waals surface area contributed by atoms with E-state index < -0.39 is 58.7 Å². The van der Waals surface area contributed by atoms with Crippen molar-refractivity contribution in [3.8, 4) is 0 Å². The molecule has 1 saturated heterocycles. The van der Waals surface area contributed by atoms with Crippen molar-refractivity contribution < 1.29 is 43.7 Å². The molecule has 2 aliphatic heterocycles. The lowest BCUT2D eigenvalue weighted by molar-refractivity contribution is -0.239. The highest BCUT2D eigenvalue weighted by molar-refractivity contribution is 5.99. The topological polar surface area (TPSA) is 144 Å². The van der Waals surface area contributed by atoms with Gasteiger partial charge in [0.15, 0.2) is 0 Å². The van der Waals surface area contributed by atoms with Crippen LogP contribution in [0.25, 0.3) is 0 Å². The summed E-state index contributed by atoms with van der Waals surface area (Å²) < 4.78 is 12.4. The van der Waals surface area contributed by atoms with Gasteiger partial charge >= 0.3 is 5.97 Å². The monoisotopic (exact) mass is 740 g/mol. The van der Waals surface area contributed by atoms with E-state index in [1.807, 2.05) is 40.7 Å². The zero-order valence-electron chi connectivity index (χ0n) is 34.2. The highest BCUT2D eigenvalue weighted by atomic mass is 16.6. The van der Waals surface area contributed by atoms with Crippen LogP contribution in [0.5, 0.6) is 0 Å². The molecule has 4 aliphatic rings. The third-order valence-corrected chi connectivity index (χ3v) is 13.6. The number of ketones is 4. The van der Waals surface area contributed by atoms with Crippen molar-refractivity contribution in [2.24, 2.45) is 40.9 Å². The van der Waals surface area contributed by atoms with Gasteiger partial charge in [0.05, 0.1) is 23.2 Å². The van der Waals surface area contributed by atoms with E-state index in [0.717, 1.165) is 29.6 Å². The lowest BCUT2D eigenvalue weighted by Crippen LogP contribution is -2.59. The Balaban J connectivity index is 2.02. The van der Waals surface area contributed by atoms with E-state index in [4.69, 9.17) is 9.47 Å². The fourth-order valence-electron chi connectivity index (χ4n) is 9.98. The summed E-state index contributed by atoms with van der Waals surface area (Å²) in [5.74, 6) is -3.29. The molecule has 1 saturated carbocycles. The average Bonchev–Trinajstić information content (AvgIpc) is 3.06. The Morgan fingerprint density at radius 2 is 1.60 bits per heavy atom. The van der Waals surface area contributed by atoms with Gasteiger partial charge in [0.1, 0.15) is 34.8 Å². The minimum absolute atomic E-state index is 0.0209. The number of Topliss-reactive ketones (excluding diaryl/α,β-unsaturated/α-hetero) is 4. The van der Waals surface area contributed by atoms with Crippen LogP contribution < -0.4 is 0 Å². The predicted molar refractivity (Wildman–Crippen MR) is 204 cm³/mol. The van der Waals surface area contributed by atoms with Crippen molar-refractivity contribution in [3.05, 3.63) is 22.8 Å². The van der Waals surface area contributed by atoms with Crippen molar-refractivity contribution in [1.82, 2.24) is 0 Å². The summed E-state index contributed by atoms with van der Waals surface area (Å²) in [5, 5.41) is 23.7. The Kier molecular flexibility index (Phi) is 14.0. The minimum Gasteiger partial charge on any atom is -0.459 e. The van der Waals surface area contributed by atoms with Crippen molar-refractivity contribution in [3.63, 3.8) is 0 Å². The van der Waals surface area contributed by atoms with Gasteiger partial charge in [0.25, 0.3) is 0 Å². The number of hydrogen-bond acceptors (Lipinski definition) is 9. The van der Waals surface area contributed by atoms with E-state index in [9.17, 15) is 34.2 Å². The maximum atomic E-state index is 15.0. The normalized spacial score (nSPS) is 39.9. The summed E-state index contributed by atoms with van der Waals surface area (Å²) in [6, 6.07) is 0. The van der Waals surface area contributed by atoms with E-state index in [2.05, 4.69) is 6.92 Å². The van der Waals surface area contributed by atoms with Crippen LogP contribution in [0.2, 0.25) is 0 Å². The van der Waals surface area contributed by atoms with Crippen LogP contribution >= 0.6 is 0 Å². The van der Waals surface area contributed by atoms with Crippen LogP contribution in [0.4, 0.5) is 0 Å². The summed E-state index contributed by atoms with van der Waals surface area (Å²) >= 11 is 0. The molecular formula is C44H68O9. The molecular weight excluding hydrogens is 672 g/mol. The molecule has 2 fully saturated rings. The van der Waals surface area contributed by atoms with Crippen LogP contribution in [0, 0.1) is 40.9 Å². The number of carbonyl (C=O) groups is 5. The summed E-state index contributed by atoms with van der Waals surface area (Å²) in [5.41, 5.74) is -1.66. The van der Waals surface area contributed by atoms with Crippen LogP contribution in [-0.2, 0) is 33.4 Å². The van der Waals surface area contributed by atoms with Crippen molar-refractivity contribution in [1.29, 1.82) is 0 Å². The summed E-state index contributed by atoms with van der Waals surface area (Å²) in [4.78, 5) is 70.9. The summed E-state index contributed by atoms with van der Waals surface area (Å²) in [7, 11) is 0. The molecule has 0 spiro atoms. The van der Waals surface area contributed by atoms with Gasteiger partial charge in [-0.1, -0.05) is 70.3 Å². The van der Waals surface area contributed by atoms with Gasteiger partial charge in [-0.2, -0.15) is 0 Å². The van der Waals surface area contributed by atoms with Gasteiger partial charge in [-0.3, -0.25) is 24.0 Å². The van der Waals surface area contributed by atoms with Gasteiger partial charge in [-0.05, 0) is 78.1 Å². The second-order valence-corrected chi connectivity index (χ2v) is 18.2. The van der Waals surface area contributed by atoms with Crippen molar-refractivity contribution >= 4 is 29.1 Å². The number of rotatable bonds is 4. The molecule has 2 aliphatic carbocycles. The van der Waals surface area contributed by atoms with Crippen molar-refractivity contribution in [2.45, 2.75) is 182 Å². The molecule has 11 unspecified atom stereocenters. The molecule has 0 amide bonds. The first-order valence-electron chi connectivity index (χ1n) is 20.4. The molecule has 0 aromatic heterocycles. The number of fused-ring (bicyclic) bond motifs is 5. The summed E-state index contributed by atoms with van der Waals surface area (Å²) in [6.07, 6.45) is 4.25. The number of carbonyl (C=O) groups excluding carboxylic acids is 5. The molecule has 298 valence electrons. The third-order valence-electron chi connectivity index (χ3n) is 13.6. The Hall–Kier alpha value is -2.49. The van der Waals surface area contributed by atoms with Gasteiger partial charge < -0.3 is 19.7 Å². The minimum atomic E-state index is -1.67. The first-order chi connectivity index (χ1) is 24.6. The molecule has 0 radical (unpaired) electrons. The molecule has 11 atom stereocenters. The van der Waals surface area contributed by atoms with E-state index in [1.165, 1.54) is 6.92 Å². The number of aliphatic hydroxyl groups is 2. The second kappa shape index (κ2) is 17.1. The fourth-order valence-corrected chi connectivity index (χ4v) is 9.98. The first kappa shape index (κ1) is 43.2. The third kappa shape index (κ3) is 9.32. The lowest BCUT2D eigenvalue weighted by Gasteiger charge is -2.51. The molecule has 2 N–H and O–H groups in total. The quantitative estimate of drug-likeness (QED) is 0.220. The van der Waals surface area contributed by atoms with Gasteiger partial charge in [0, 0.05) is 62.7 Å². The number of esters is 1. The Morgan fingerprint density at radius 3 is 2.23 bits per heavy atom. The lowest BCUT2D eigenvalue weighted by atomic mass is 9.51. The van der Waals surface area contributed by atoms with Crippen LogP contribution in [0.3, 0.4) is 0 Å². The molecule has 2 bridgehead atoms. The van der Waals surface area contributed by atoms with E-state index >= 15 is 0 Å². The number of hydrogen-bond donors (Lipinski definition) is 2. The second-order valence-electron chi connectivity index (χ2n) is 18.2. The van der Waals surface area contributed by atoms with Gasteiger partial charge in [-0.15, -0.1) is 0 Å². The molecule has 9 nitrogen and oxygen atoms in total. The highest BCUT2D eigenvalue weighted by Crippen LogP contribution is 2.56. The molecule has 9 heteroatoms. The summed E-state index contributed by atoms with van der Waals surface area (Å²) in [6.45, 7) is 18.2. The van der Waals surface area contributed by atoms with Gasteiger partial charge in [-0.25, -0.2) is 0 Å². The smallest absolute Gasteiger partial charge is 0.303 e. The van der Waals surface area contributed by atoms with E-state index in [1.54, 1.807) is 20.8 Å². The molecule has 4 rings (SSSR count). The van der Waals surface area contributed by atoms with Crippen LogP contribution in [0.15, 0.2) is 22.8 Å². The maximum Gasteiger partial charge on any atom is 0.303 e. The van der Waals surface area contributed by atoms with Crippen LogP contribution in [-0.4, -0.2) is 68.8 Å². The maximum absolute atomic E-state index is 15.0. The Morgan fingerprint density at radius 1 is 0.925 bits per heavy atom. The zero-order valence-corrected chi connectivity index (χ0v) is 34.2. The molecule has 0 aromatic rings. The van der Waals surface area contributed by atoms with Crippen molar-refractivity contribution in [2.75, 3.05) is 0 Å². The number of ether oxygens (including phenoxy) is 2. The van der Waals surface area contributed by atoms with Gasteiger partial charge in [0.2, 0.25) is 0 Å². The Labute approximate surface area is 318 Å². The first-order valence-corrected chi connectivity index (χ1v) is 20.4. The van der Waals surface area contributed by atoms with E-state index in [-0.39, 0.29) is 79.4 Å². The molecule has 53 heavy (non-hydrogen) atoms. The average molecular weight is 741 g/mol. The zero-order chi connectivity index (χ0) is 39.6. The molecule has 0 aromatic carbocycles. The standard InChI is InChI=1S/C44H68O9/c1-11-38(49)44-24-37(48)31(25(2)3)22-35(46)28(6)14-12-13-26(4)20-36(47)34(44)21-29(7)32-23-41(52-30(8)45)43(10,51)40-17-18-42(9,50)39(53-40)16-15-27(5)19-33(32)44/h19,25-26,28,31,33-34,39-41,50-51H,11-18,20-24H2,1-10H3. The fraction of sp³-hybridized carbons (Fsp3) is 0.795. The largest absolute Gasteiger partial charge is 0.459 e.